The summed E-state index contributed by atoms with van der Waals surface area (Å²) in [5.41, 5.74) is 0.949. The monoisotopic (exact) mass is 439 g/mol. The van der Waals surface area contributed by atoms with Gasteiger partial charge in [0.1, 0.15) is 0 Å². The molecule has 2 aromatic carbocycles. The highest BCUT2D eigenvalue weighted by atomic mass is 35.5. The Morgan fingerprint density at radius 2 is 1.63 bits per heavy atom. The normalized spacial score (nSPS) is 17.2. The van der Waals surface area contributed by atoms with Crippen LogP contribution in [0.2, 0.25) is 5.02 Å². The van der Waals surface area contributed by atoms with Crippen molar-refractivity contribution in [3.05, 3.63) is 70.2 Å². The number of aryl methyl sites for hydroxylation is 1. The van der Waals surface area contributed by atoms with E-state index in [0.29, 0.717) is 17.0 Å². The molecule has 3 rings (SSSR count). The van der Waals surface area contributed by atoms with Crippen molar-refractivity contribution < 1.29 is 18.3 Å². The molecule has 6 heteroatoms. The first-order valence-corrected chi connectivity index (χ1v) is 10.9. The van der Waals surface area contributed by atoms with Gasteiger partial charge >= 0.3 is 6.18 Å². The Morgan fingerprint density at radius 1 is 0.967 bits per heavy atom. The van der Waals surface area contributed by atoms with Crippen LogP contribution in [0.25, 0.3) is 0 Å². The minimum absolute atomic E-state index is 0.101. The molecule has 2 aromatic rings. The third kappa shape index (κ3) is 6.22. The SMILES string of the molecule is OCC1(Cc2ccc(Cl)cc2)CCN(CCCCc2ccccc2C(F)(F)F)CC1. The third-order valence-corrected chi connectivity index (χ3v) is 6.49. The van der Waals surface area contributed by atoms with Crippen molar-refractivity contribution in [1.82, 2.24) is 4.90 Å². The number of hydrogen-bond donors (Lipinski definition) is 1. The predicted molar refractivity (Wildman–Crippen MR) is 115 cm³/mol. The van der Waals surface area contributed by atoms with Crippen molar-refractivity contribution >= 4 is 11.6 Å². The van der Waals surface area contributed by atoms with Crippen molar-refractivity contribution in [3.63, 3.8) is 0 Å². The van der Waals surface area contributed by atoms with Crippen molar-refractivity contribution in [3.8, 4) is 0 Å². The second kappa shape index (κ2) is 10.2. The Hall–Kier alpha value is -1.56. The highest BCUT2D eigenvalue weighted by molar-refractivity contribution is 6.30. The van der Waals surface area contributed by atoms with Gasteiger partial charge in [0.2, 0.25) is 0 Å². The average molecular weight is 440 g/mol. The van der Waals surface area contributed by atoms with Gasteiger partial charge in [0.15, 0.2) is 0 Å². The van der Waals surface area contributed by atoms with Crippen LogP contribution in [0.4, 0.5) is 13.2 Å². The van der Waals surface area contributed by atoms with Gasteiger partial charge in [-0.05, 0) is 92.9 Å². The van der Waals surface area contributed by atoms with Crippen LogP contribution in [0.5, 0.6) is 0 Å². The smallest absolute Gasteiger partial charge is 0.396 e. The quantitative estimate of drug-likeness (QED) is 0.510. The van der Waals surface area contributed by atoms with E-state index in [1.54, 1.807) is 12.1 Å². The molecule has 0 aliphatic carbocycles. The maximum absolute atomic E-state index is 13.1. The van der Waals surface area contributed by atoms with E-state index in [0.717, 1.165) is 57.8 Å². The number of aliphatic hydroxyl groups excluding tert-OH is 1. The molecule has 0 radical (unpaired) electrons. The Bertz CT molecular complexity index is 799. The molecule has 0 aromatic heterocycles. The number of rotatable bonds is 8. The van der Waals surface area contributed by atoms with Gasteiger partial charge in [-0.3, -0.25) is 0 Å². The largest absolute Gasteiger partial charge is 0.416 e. The van der Waals surface area contributed by atoms with E-state index in [1.807, 2.05) is 24.3 Å². The molecular weight excluding hydrogens is 411 g/mol. The molecule has 1 fully saturated rings. The summed E-state index contributed by atoms with van der Waals surface area (Å²) in [6.07, 6.45) is 0.436. The van der Waals surface area contributed by atoms with E-state index in [4.69, 9.17) is 11.6 Å². The van der Waals surface area contributed by atoms with Crippen LogP contribution in [-0.2, 0) is 19.0 Å². The minimum atomic E-state index is -4.29. The molecule has 2 nitrogen and oxygen atoms in total. The zero-order valence-electron chi connectivity index (χ0n) is 17.1. The van der Waals surface area contributed by atoms with Crippen molar-refractivity contribution in [2.24, 2.45) is 5.41 Å². The van der Waals surface area contributed by atoms with E-state index in [-0.39, 0.29) is 12.0 Å². The molecule has 1 aliphatic heterocycles. The molecule has 30 heavy (non-hydrogen) atoms. The van der Waals surface area contributed by atoms with Crippen molar-refractivity contribution in [1.29, 1.82) is 0 Å². The van der Waals surface area contributed by atoms with Crippen LogP contribution in [0.3, 0.4) is 0 Å². The lowest BCUT2D eigenvalue weighted by molar-refractivity contribution is -0.138. The Kier molecular flexibility index (Phi) is 7.83. The van der Waals surface area contributed by atoms with Gasteiger partial charge in [-0.1, -0.05) is 41.9 Å². The lowest BCUT2D eigenvalue weighted by Crippen LogP contribution is -2.43. The lowest BCUT2D eigenvalue weighted by atomic mass is 9.74. The number of benzene rings is 2. The van der Waals surface area contributed by atoms with Gasteiger partial charge in [0.25, 0.3) is 0 Å². The average Bonchev–Trinajstić information content (AvgIpc) is 2.74. The topological polar surface area (TPSA) is 23.5 Å². The number of alkyl halides is 3. The molecule has 164 valence electrons. The maximum atomic E-state index is 13.1. The summed E-state index contributed by atoms with van der Waals surface area (Å²) in [6, 6.07) is 13.7. The van der Waals surface area contributed by atoms with Gasteiger partial charge in [-0.15, -0.1) is 0 Å². The van der Waals surface area contributed by atoms with Crippen molar-refractivity contribution in [2.45, 2.75) is 44.7 Å². The molecule has 0 spiro atoms. The first-order valence-electron chi connectivity index (χ1n) is 10.5. The summed E-state index contributed by atoms with van der Waals surface area (Å²) in [4.78, 5) is 2.37. The molecule has 1 heterocycles. The van der Waals surface area contributed by atoms with Gasteiger partial charge in [0.05, 0.1) is 5.56 Å². The minimum Gasteiger partial charge on any atom is -0.396 e. The zero-order chi connectivity index (χ0) is 21.6. The molecular formula is C24H29ClF3NO. The number of hydrogen-bond acceptors (Lipinski definition) is 2. The fourth-order valence-corrected chi connectivity index (χ4v) is 4.47. The van der Waals surface area contributed by atoms with E-state index in [2.05, 4.69) is 4.90 Å². The van der Waals surface area contributed by atoms with Gasteiger partial charge in [-0.25, -0.2) is 0 Å². The molecule has 0 saturated carbocycles. The maximum Gasteiger partial charge on any atom is 0.416 e. The fourth-order valence-electron chi connectivity index (χ4n) is 4.34. The predicted octanol–water partition coefficient (Wildman–Crippen LogP) is 6.00. The second-order valence-corrected chi connectivity index (χ2v) is 8.85. The van der Waals surface area contributed by atoms with E-state index in [9.17, 15) is 18.3 Å². The van der Waals surface area contributed by atoms with Crippen LogP contribution < -0.4 is 0 Å². The zero-order valence-corrected chi connectivity index (χ0v) is 17.9. The van der Waals surface area contributed by atoms with Gasteiger partial charge < -0.3 is 10.0 Å². The van der Waals surface area contributed by atoms with Crippen LogP contribution in [-0.4, -0.2) is 36.2 Å². The van der Waals surface area contributed by atoms with E-state index in [1.165, 1.54) is 11.6 Å². The molecule has 0 atom stereocenters. The molecule has 0 unspecified atom stereocenters. The highest BCUT2D eigenvalue weighted by Gasteiger charge is 2.34. The molecule has 1 saturated heterocycles. The first-order chi connectivity index (χ1) is 14.3. The summed E-state index contributed by atoms with van der Waals surface area (Å²) in [6.45, 7) is 2.87. The molecule has 0 bridgehead atoms. The standard InChI is InChI=1S/C24H29ClF3NO/c25-21-10-8-19(9-11-21)17-23(18-30)12-15-29(16-13-23)14-4-3-6-20-5-1-2-7-22(20)24(26,27)28/h1-2,5,7-11,30H,3-4,6,12-18H2. The van der Waals surface area contributed by atoms with Crippen molar-refractivity contribution in [2.75, 3.05) is 26.2 Å². The molecule has 1 aliphatic rings. The van der Waals surface area contributed by atoms with Gasteiger partial charge in [-0.2, -0.15) is 13.2 Å². The number of halogens is 4. The highest BCUT2D eigenvalue weighted by Crippen LogP contribution is 2.35. The van der Waals surface area contributed by atoms with Gasteiger partial charge in [0, 0.05) is 11.6 Å². The Balaban J connectivity index is 1.44. The van der Waals surface area contributed by atoms with Crippen LogP contribution in [0, 0.1) is 5.41 Å². The Morgan fingerprint density at radius 3 is 2.27 bits per heavy atom. The summed E-state index contributed by atoms with van der Waals surface area (Å²) >= 11 is 5.96. The number of unbranched alkanes of at least 4 members (excludes halogenated alkanes) is 1. The van der Waals surface area contributed by atoms with Crippen LogP contribution in [0.1, 0.15) is 42.4 Å². The second-order valence-electron chi connectivity index (χ2n) is 8.42. The summed E-state index contributed by atoms with van der Waals surface area (Å²) in [7, 11) is 0. The number of nitrogens with zero attached hydrogens (tertiary/aromatic N) is 1. The Labute approximate surface area is 181 Å². The summed E-state index contributed by atoms with van der Waals surface area (Å²) in [5, 5.41) is 10.8. The molecule has 1 N–H and O–H groups in total. The fraction of sp³-hybridized carbons (Fsp3) is 0.500. The number of likely N-dealkylation sites (tertiary alicyclic amines) is 1. The lowest BCUT2D eigenvalue weighted by Gasteiger charge is -2.41. The van der Waals surface area contributed by atoms with Crippen LogP contribution >= 0.6 is 11.6 Å². The third-order valence-electron chi connectivity index (χ3n) is 6.24. The summed E-state index contributed by atoms with van der Waals surface area (Å²) < 4.78 is 39.3. The number of piperidine rings is 1. The van der Waals surface area contributed by atoms with Crippen LogP contribution in [0.15, 0.2) is 48.5 Å². The van der Waals surface area contributed by atoms with E-state index < -0.39 is 11.7 Å². The first kappa shape index (κ1) is 23.1. The summed E-state index contributed by atoms with van der Waals surface area (Å²) in [5.74, 6) is 0. The number of aliphatic hydroxyl groups is 1. The van der Waals surface area contributed by atoms with E-state index >= 15 is 0 Å². The molecule has 0 amide bonds.